The molecule has 1 aromatic carbocycles. The number of aromatic hydroxyl groups is 1. The molecular weight excluding hydrogens is 562 g/mol. The number of aliphatic imine (C=N–C) groups is 1. The van der Waals surface area contributed by atoms with Crippen LogP contribution in [0.2, 0.25) is 0 Å². The van der Waals surface area contributed by atoms with E-state index in [0.29, 0.717) is 35.7 Å². The second-order valence-corrected chi connectivity index (χ2v) is 10.5. The van der Waals surface area contributed by atoms with Crippen molar-refractivity contribution in [3.63, 3.8) is 0 Å². The van der Waals surface area contributed by atoms with Gasteiger partial charge in [-0.1, -0.05) is 6.07 Å². The molecular formula is C29H21N5O9. The van der Waals surface area contributed by atoms with Gasteiger partial charge in [-0.3, -0.25) is 24.0 Å². The molecule has 1 atom stereocenters. The van der Waals surface area contributed by atoms with Crippen LogP contribution in [-0.2, 0) is 11.8 Å². The van der Waals surface area contributed by atoms with Crippen molar-refractivity contribution in [1.29, 1.82) is 0 Å². The number of phenols is 1. The van der Waals surface area contributed by atoms with E-state index in [4.69, 9.17) is 4.74 Å². The van der Waals surface area contributed by atoms with Crippen LogP contribution >= 0.6 is 0 Å². The number of aliphatic hydroxyl groups is 2. The van der Waals surface area contributed by atoms with Gasteiger partial charge in [0.1, 0.15) is 22.7 Å². The Kier molecular flexibility index (Phi) is 5.38. The number of ether oxygens (including phenoxy) is 1. The molecule has 1 unspecified atom stereocenters. The summed E-state index contributed by atoms with van der Waals surface area (Å²) in [5.74, 6) is -2.05. The van der Waals surface area contributed by atoms with E-state index in [1.165, 1.54) is 6.21 Å². The summed E-state index contributed by atoms with van der Waals surface area (Å²) >= 11 is 0. The number of methoxy groups -OCH3 is 1. The van der Waals surface area contributed by atoms with Crippen LogP contribution in [-0.4, -0.2) is 52.7 Å². The lowest BCUT2D eigenvalue weighted by atomic mass is 9.78. The molecule has 1 aromatic heterocycles. The molecule has 0 radical (unpaired) electrons. The molecule has 14 heteroatoms. The van der Waals surface area contributed by atoms with Crippen LogP contribution in [0.15, 0.2) is 52.3 Å². The van der Waals surface area contributed by atoms with E-state index in [9.17, 15) is 39.3 Å². The van der Waals surface area contributed by atoms with Crippen molar-refractivity contribution in [2.45, 2.75) is 18.3 Å². The molecule has 4 aliphatic carbocycles. The third-order valence-corrected chi connectivity index (χ3v) is 8.32. The first-order valence-electron chi connectivity index (χ1n) is 13.2. The maximum Gasteiger partial charge on any atom is 0.260 e. The standard InChI is InChI=1S/C29H21N5O9/c1-43-14-8-13(35)16-17(21(14)36)23(38)19-18(22(16)37)25(40)29(26(19)41)3-2-10-6-11-7-12(9-32-34-28-30-4-5-31-28)33-27(42)15(11)24(39)20(10)29/h6-9,39-41H,2-5H2,1H3,(H,33,42)(H2,30,31,34). The smallest absolute Gasteiger partial charge is 0.260 e. The number of pyridine rings is 1. The summed E-state index contributed by atoms with van der Waals surface area (Å²) < 4.78 is 4.89. The van der Waals surface area contributed by atoms with Crippen molar-refractivity contribution in [2.24, 2.45) is 10.1 Å². The number of hydrazone groups is 1. The number of aryl methyl sites for hydroxylation is 1. The summed E-state index contributed by atoms with van der Waals surface area (Å²) in [4.78, 5) is 72.7. The SMILES string of the molecule is COc1cc(=O)c2c(=O)c3c(c(=O)c=2c1=O)=C(O)C1(CCc2cc4cc(C=NNC5=NCCN5)[nH]c(=O)c4c(O)c21)C=3O. The molecule has 1 spiro atoms. The highest BCUT2D eigenvalue weighted by atomic mass is 16.5. The number of guanidine groups is 1. The molecule has 7 rings (SSSR count). The van der Waals surface area contributed by atoms with Gasteiger partial charge in [0.25, 0.3) is 5.56 Å². The molecule has 43 heavy (non-hydrogen) atoms. The molecule has 5 aliphatic rings. The van der Waals surface area contributed by atoms with Gasteiger partial charge in [0.15, 0.2) is 11.2 Å². The fraction of sp³-hybridized carbons (Fsp3) is 0.207. The van der Waals surface area contributed by atoms with Gasteiger partial charge in [0.05, 0.1) is 51.8 Å². The second kappa shape index (κ2) is 8.85. The van der Waals surface area contributed by atoms with E-state index < -0.39 is 76.6 Å². The Balaban J connectivity index is 1.48. The lowest BCUT2D eigenvalue weighted by Gasteiger charge is -2.27. The van der Waals surface area contributed by atoms with Gasteiger partial charge in [-0.15, -0.1) is 0 Å². The Bertz CT molecular complexity index is 2490. The molecule has 6 N–H and O–H groups in total. The van der Waals surface area contributed by atoms with Crippen LogP contribution in [0.5, 0.6) is 11.5 Å². The minimum Gasteiger partial charge on any atom is -0.510 e. The lowest BCUT2D eigenvalue weighted by Crippen LogP contribution is -2.51. The predicted molar refractivity (Wildman–Crippen MR) is 154 cm³/mol. The summed E-state index contributed by atoms with van der Waals surface area (Å²) in [7, 11) is 1.12. The Morgan fingerprint density at radius 2 is 1.70 bits per heavy atom. The molecule has 216 valence electrons. The fourth-order valence-electron chi connectivity index (χ4n) is 6.47. The van der Waals surface area contributed by atoms with Crippen molar-refractivity contribution in [3.05, 3.63) is 107 Å². The Labute approximate surface area is 237 Å². The number of benzene rings is 1. The number of aromatic nitrogens is 1. The van der Waals surface area contributed by atoms with Crippen molar-refractivity contribution in [2.75, 3.05) is 20.2 Å². The molecule has 2 heterocycles. The number of H-pyrrole nitrogens is 1. The highest BCUT2D eigenvalue weighted by molar-refractivity contribution is 5.96. The fourth-order valence-corrected chi connectivity index (χ4v) is 6.47. The van der Waals surface area contributed by atoms with E-state index in [1.807, 2.05) is 0 Å². The van der Waals surface area contributed by atoms with Crippen LogP contribution in [0.1, 0.15) is 23.2 Å². The van der Waals surface area contributed by atoms with Crippen LogP contribution in [0, 0.1) is 10.4 Å². The first-order valence-corrected chi connectivity index (χ1v) is 13.2. The molecule has 0 saturated heterocycles. The molecule has 14 nitrogen and oxygen atoms in total. The second-order valence-electron chi connectivity index (χ2n) is 10.5. The van der Waals surface area contributed by atoms with Crippen LogP contribution in [0.3, 0.4) is 0 Å². The van der Waals surface area contributed by atoms with Crippen LogP contribution < -0.4 is 53.2 Å². The predicted octanol–water partition coefficient (Wildman–Crippen LogP) is -2.60. The van der Waals surface area contributed by atoms with Gasteiger partial charge < -0.3 is 30.4 Å². The number of fused-ring (bicyclic) bond motifs is 4. The van der Waals surface area contributed by atoms with E-state index in [2.05, 4.69) is 25.8 Å². The number of rotatable bonds is 3. The largest absolute Gasteiger partial charge is 0.510 e. The van der Waals surface area contributed by atoms with Crippen molar-refractivity contribution in [1.82, 2.24) is 15.7 Å². The quantitative estimate of drug-likeness (QED) is 0.108. The monoisotopic (exact) mass is 583 g/mol. The Morgan fingerprint density at radius 1 is 0.977 bits per heavy atom. The first-order chi connectivity index (χ1) is 20.6. The first kappa shape index (κ1) is 26.1. The van der Waals surface area contributed by atoms with Crippen LogP contribution in [0.25, 0.3) is 22.3 Å². The van der Waals surface area contributed by atoms with Gasteiger partial charge in [0, 0.05) is 18.2 Å². The number of hydrogen-bond acceptors (Lipinski definition) is 13. The molecule has 0 bridgehead atoms. The zero-order chi connectivity index (χ0) is 30.4. The molecule has 2 aromatic rings. The van der Waals surface area contributed by atoms with Gasteiger partial charge in [0.2, 0.25) is 22.2 Å². The van der Waals surface area contributed by atoms with Gasteiger partial charge in [-0.2, -0.15) is 5.10 Å². The zero-order valence-electron chi connectivity index (χ0n) is 22.3. The number of aromatic amines is 1. The molecule has 0 fully saturated rings. The third-order valence-electron chi connectivity index (χ3n) is 8.32. The average molecular weight is 584 g/mol. The van der Waals surface area contributed by atoms with Gasteiger partial charge >= 0.3 is 0 Å². The summed E-state index contributed by atoms with van der Waals surface area (Å²) in [6, 6.07) is 3.96. The van der Waals surface area contributed by atoms with Crippen LogP contribution in [0.4, 0.5) is 0 Å². The number of phenolic OH excluding ortho intramolecular Hbond substituents is 1. The number of nitrogens with zero attached hydrogens (tertiary/aromatic N) is 2. The van der Waals surface area contributed by atoms with Gasteiger partial charge in [-0.05, 0) is 29.9 Å². The summed E-state index contributed by atoms with van der Waals surface area (Å²) in [6.45, 7) is 1.29. The maximum atomic E-state index is 13.6. The Hall–Kier alpha value is -5.79. The highest BCUT2D eigenvalue weighted by Crippen LogP contribution is 2.54. The number of hydrogen-bond donors (Lipinski definition) is 6. The van der Waals surface area contributed by atoms with E-state index >= 15 is 0 Å². The topological polar surface area (TPSA) is 220 Å². The number of aliphatic hydroxyl groups excluding tert-OH is 2. The summed E-state index contributed by atoms with van der Waals surface area (Å²) in [6.07, 6.45) is 1.44. The molecule has 0 amide bonds. The minimum atomic E-state index is -1.96. The Morgan fingerprint density at radius 3 is 2.37 bits per heavy atom. The third kappa shape index (κ3) is 3.31. The summed E-state index contributed by atoms with van der Waals surface area (Å²) in [5.41, 5.74) is -3.48. The van der Waals surface area contributed by atoms with E-state index in [-0.39, 0.29) is 23.8 Å². The average Bonchev–Trinajstić information content (AvgIpc) is 3.68. The number of nitrogens with one attached hydrogen (secondary N) is 3. The van der Waals surface area contributed by atoms with E-state index in [1.54, 1.807) is 12.1 Å². The molecule has 1 aliphatic heterocycles. The van der Waals surface area contributed by atoms with Crippen molar-refractivity contribution >= 4 is 34.5 Å². The van der Waals surface area contributed by atoms with Crippen molar-refractivity contribution < 1.29 is 20.1 Å². The zero-order valence-corrected chi connectivity index (χ0v) is 22.3. The van der Waals surface area contributed by atoms with Crippen molar-refractivity contribution in [3.8, 4) is 11.5 Å². The van der Waals surface area contributed by atoms with Gasteiger partial charge in [-0.25, -0.2) is 10.4 Å². The summed E-state index contributed by atoms with van der Waals surface area (Å²) in [5, 5.41) is 39.0. The lowest BCUT2D eigenvalue weighted by molar-refractivity contribution is 0.362. The highest BCUT2D eigenvalue weighted by Gasteiger charge is 2.53. The maximum absolute atomic E-state index is 13.6. The normalized spacial score (nSPS) is 19.0. The molecule has 0 saturated carbocycles. The van der Waals surface area contributed by atoms with E-state index in [0.717, 1.165) is 13.2 Å². The minimum absolute atomic E-state index is 0.0600.